The summed E-state index contributed by atoms with van der Waals surface area (Å²) in [6.45, 7) is 4.34. The number of unbranched alkanes of at least 4 members (excludes halogenated alkanes) is 1. The Bertz CT molecular complexity index is 305. The number of carbonyl (C=O) groups excluding carboxylic acids is 1. The van der Waals surface area contributed by atoms with Crippen LogP contribution in [0.25, 0.3) is 0 Å². The Balaban J connectivity index is 2.67. The van der Waals surface area contributed by atoms with Crippen LogP contribution in [0.5, 0.6) is 0 Å². The number of carboxylic acid groups (broad SMARTS) is 1. The van der Waals surface area contributed by atoms with Crippen molar-refractivity contribution < 1.29 is 19.4 Å². The molecule has 1 rings (SSSR count). The van der Waals surface area contributed by atoms with E-state index in [1.807, 2.05) is 6.92 Å². The molecular weight excluding hydrogens is 234 g/mol. The molecule has 5 heteroatoms. The predicted octanol–water partition coefficient (Wildman–Crippen LogP) is 1.51. The summed E-state index contributed by atoms with van der Waals surface area (Å²) in [6.07, 6.45) is 3.08. The Morgan fingerprint density at radius 3 is 2.67 bits per heavy atom. The van der Waals surface area contributed by atoms with Crippen molar-refractivity contribution >= 4 is 11.9 Å². The first-order valence-electron chi connectivity index (χ1n) is 6.57. The third-order valence-corrected chi connectivity index (χ3v) is 3.58. The molecule has 1 amide bonds. The van der Waals surface area contributed by atoms with Gasteiger partial charge in [0.15, 0.2) is 0 Å². The fraction of sp³-hybridized carbons (Fsp3) is 0.846. The SMILES string of the molecule is CCCCC(C)C(=O)N1CC(OC)CC1C(=O)O. The van der Waals surface area contributed by atoms with Gasteiger partial charge >= 0.3 is 5.97 Å². The fourth-order valence-corrected chi connectivity index (χ4v) is 2.36. The zero-order valence-electron chi connectivity index (χ0n) is 11.4. The lowest BCUT2D eigenvalue weighted by Crippen LogP contribution is -2.43. The smallest absolute Gasteiger partial charge is 0.326 e. The van der Waals surface area contributed by atoms with Gasteiger partial charge in [0.2, 0.25) is 5.91 Å². The van der Waals surface area contributed by atoms with Crippen LogP contribution in [-0.4, -0.2) is 47.7 Å². The van der Waals surface area contributed by atoms with Gasteiger partial charge in [-0.1, -0.05) is 26.7 Å². The Kier molecular flexibility index (Phi) is 5.59. The van der Waals surface area contributed by atoms with Crippen LogP contribution >= 0.6 is 0 Å². The van der Waals surface area contributed by atoms with Crippen LogP contribution in [0.4, 0.5) is 0 Å². The van der Waals surface area contributed by atoms with E-state index < -0.39 is 12.0 Å². The molecule has 0 saturated carbocycles. The Morgan fingerprint density at radius 1 is 1.50 bits per heavy atom. The van der Waals surface area contributed by atoms with Gasteiger partial charge in [0.1, 0.15) is 6.04 Å². The summed E-state index contributed by atoms with van der Waals surface area (Å²) >= 11 is 0. The fourth-order valence-electron chi connectivity index (χ4n) is 2.36. The summed E-state index contributed by atoms with van der Waals surface area (Å²) in [5.41, 5.74) is 0. The number of rotatable bonds is 6. The molecule has 0 radical (unpaired) electrons. The van der Waals surface area contributed by atoms with Crippen molar-refractivity contribution in [3.05, 3.63) is 0 Å². The normalized spacial score (nSPS) is 25.2. The van der Waals surface area contributed by atoms with Crippen LogP contribution < -0.4 is 0 Å². The Labute approximate surface area is 108 Å². The van der Waals surface area contributed by atoms with Gasteiger partial charge in [0.25, 0.3) is 0 Å². The van der Waals surface area contributed by atoms with Gasteiger partial charge in [-0.2, -0.15) is 0 Å². The summed E-state index contributed by atoms with van der Waals surface area (Å²) in [5.74, 6) is -1.11. The molecule has 18 heavy (non-hydrogen) atoms. The van der Waals surface area contributed by atoms with Crippen molar-refractivity contribution in [2.24, 2.45) is 5.92 Å². The molecule has 5 nitrogen and oxygen atoms in total. The summed E-state index contributed by atoms with van der Waals surface area (Å²) in [4.78, 5) is 24.9. The lowest BCUT2D eigenvalue weighted by atomic mass is 10.0. The number of nitrogens with zero attached hydrogens (tertiary/aromatic N) is 1. The summed E-state index contributed by atoms with van der Waals surface area (Å²) < 4.78 is 5.18. The highest BCUT2D eigenvalue weighted by atomic mass is 16.5. The van der Waals surface area contributed by atoms with E-state index in [0.717, 1.165) is 19.3 Å². The van der Waals surface area contributed by atoms with Gasteiger partial charge in [0, 0.05) is 26.0 Å². The van der Waals surface area contributed by atoms with Gasteiger partial charge in [-0.15, -0.1) is 0 Å². The van der Waals surface area contributed by atoms with Crippen LogP contribution in [-0.2, 0) is 14.3 Å². The van der Waals surface area contributed by atoms with E-state index in [4.69, 9.17) is 9.84 Å². The van der Waals surface area contributed by atoms with Crippen LogP contribution in [0.1, 0.15) is 39.5 Å². The van der Waals surface area contributed by atoms with Crippen molar-refractivity contribution in [2.45, 2.75) is 51.7 Å². The number of methoxy groups -OCH3 is 1. The molecule has 1 aliphatic rings. The molecule has 1 heterocycles. The third kappa shape index (κ3) is 3.45. The molecule has 0 aliphatic carbocycles. The first-order valence-corrected chi connectivity index (χ1v) is 6.57. The average Bonchev–Trinajstić information content (AvgIpc) is 2.79. The van der Waals surface area contributed by atoms with Crippen LogP contribution in [0.15, 0.2) is 0 Å². The number of amides is 1. The van der Waals surface area contributed by atoms with E-state index in [1.165, 1.54) is 4.90 Å². The average molecular weight is 257 g/mol. The van der Waals surface area contributed by atoms with E-state index in [0.29, 0.717) is 13.0 Å². The highest BCUT2D eigenvalue weighted by Gasteiger charge is 2.40. The van der Waals surface area contributed by atoms with Crippen molar-refractivity contribution in [1.82, 2.24) is 4.90 Å². The standard InChI is InChI=1S/C13H23NO4/c1-4-5-6-9(2)12(15)14-8-10(18-3)7-11(14)13(16)17/h9-11H,4-8H2,1-3H3,(H,16,17). The molecule has 0 bridgehead atoms. The van der Waals surface area contributed by atoms with E-state index in [2.05, 4.69) is 6.92 Å². The number of aliphatic carboxylic acids is 1. The highest BCUT2D eigenvalue weighted by Crippen LogP contribution is 2.23. The maximum atomic E-state index is 12.2. The van der Waals surface area contributed by atoms with Gasteiger partial charge in [-0.05, 0) is 6.42 Å². The molecule has 0 spiro atoms. The first-order chi connectivity index (χ1) is 8.51. The first kappa shape index (κ1) is 15.0. The second kappa shape index (κ2) is 6.73. The molecule has 104 valence electrons. The van der Waals surface area contributed by atoms with Crippen LogP contribution in [0.2, 0.25) is 0 Å². The van der Waals surface area contributed by atoms with Crippen molar-refractivity contribution in [2.75, 3.05) is 13.7 Å². The van der Waals surface area contributed by atoms with E-state index >= 15 is 0 Å². The monoisotopic (exact) mass is 257 g/mol. The van der Waals surface area contributed by atoms with E-state index in [9.17, 15) is 9.59 Å². The number of hydrogen-bond acceptors (Lipinski definition) is 3. The molecule has 0 aromatic rings. The van der Waals surface area contributed by atoms with Gasteiger partial charge in [0.05, 0.1) is 6.10 Å². The van der Waals surface area contributed by atoms with Crippen molar-refractivity contribution in [3.63, 3.8) is 0 Å². The van der Waals surface area contributed by atoms with Gasteiger partial charge < -0.3 is 14.7 Å². The zero-order chi connectivity index (χ0) is 13.7. The quantitative estimate of drug-likeness (QED) is 0.783. The molecule has 1 N–H and O–H groups in total. The maximum Gasteiger partial charge on any atom is 0.326 e. The topological polar surface area (TPSA) is 66.8 Å². The van der Waals surface area contributed by atoms with E-state index in [1.54, 1.807) is 7.11 Å². The highest BCUT2D eigenvalue weighted by molar-refractivity contribution is 5.85. The molecule has 3 unspecified atom stereocenters. The summed E-state index contributed by atoms with van der Waals surface area (Å²) in [7, 11) is 1.55. The van der Waals surface area contributed by atoms with Gasteiger partial charge in [-0.3, -0.25) is 4.79 Å². The molecule has 1 aliphatic heterocycles. The lowest BCUT2D eigenvalue weighted by Gasteiger charge is -2.24. The molecule has 1 saturated heterocycles. The van der Waals surface area contributed by atoms with Gasteiger partial charge in [-0.25, -0.2) is 4.79 Å². The zero-order valence-corrected chi connectivity index (χ0v) is 11.4. The van der Waals surface area contributed by atoms with Crippen molar-refractivity contribution in [1.29, 1.82) is 0 Å². The number of hydrogen-bond donors (Lipinski definition) is 1. The Morgan fingerprint density at radius 2 is 2.17 bits per heavy atom. The second-order valence-corrected chi connectivity index (χ2v) is 4.98. The molecule has 0 aromatic heterocycles. The van der Waals surface area contributed by atoms with Crippen LogP contribution in [0.3, 0.4) is 0 Å². The Hall–Kier alpha value is -1.10. The minimum Gasteiger partial charge on any atom is -0.480 e. The number of ether oxygens (including phenoxy) is 1. The minimum absolute atomic E-state index is 0.0598. The number of carboxylic acids is 1. The number of carbonyl (C=O) groups is 2. The third-order valence-electron chi connectivity index (χ3n) is 3.58. The van der Waals surface area contributed by atoms with Crippen molar-refractivity contribution in [3.8, 4) is 0 Å². The second-order valence-electron chi connectivity index (χ2n) is 4.98. The molecule has 1 fully saturated rings. The molecule has 3 atom stereocenters. The molecular formula is C13H23NO4. The minimum atomic E-state index is -0.939. The summed E-state index contributed by atoms with van der Waals surface area (Å²) in [6, 6.07) is -0.730. The summed E-state index contributed by atoms with van der Waals surface area (Å²) in [5, 5.41) is 9.15. The number of likely N-dealkylation sites (tertiary alicyclic amines) is 1. The maximum absolute atomic E-state index is 12.2. The van der Waals surface area contributed by atoms with Crippen LogP contribution in [0, 0.1) is 5.92 Å². The van der Waals surface area contributed by atoms with E-state index in [-0.39, 0.29) is 17.9 Å². The predicted molar refractivity (Wildman–Crippen MR) is 67.2 cm³/mol. The largest absolute Gasteiger partial charge is 0.480 e. The lowest BCUT2D eigenvalue weighted by molar-refractivity contribution is -0.149. The molecule has 0 aromatic carbocycles.